The Morgan fingerprint density at radius 3 is 2.77 bits per heavy atom. The third-order valence-electron chi connectivity index (χ3n) is 8.01. The van der Waals surface area contributed by atoms with Crippen molar-refractivity contribution in [1.82, 2.24) is 0 Å². The Kier molecular flexibility index (Phi) is 3.81. The van der Waals surface area contributed by atoms with Gasteiger partial charge in [0.2, 0.25) is 6.73 Å². The van der Waals surface area contributed by atoms with Crippen LogP contribution in [0.4, 0.5) is 0 Å². The molecule has 2 heterocycles. The van der Waals surface area contributed by atoms with Crippen LogP contribution in [0.25, 0.3) is 0 Å². The molecule has 2 aliphatic carbocycles. The van der Waals surface area contributed by atoms with Gasteiger partial charge < -0.3 is 19.7 Å². The molecule has 0 aromatic heterocycles. The van der Waals surface area contributed by atoms with Crippen molar-refractivity contribution < 1.29 is 33.8 Å². The Balaban J connectivity index is 1.61. The lowest BCUT2D eigenvalue weighted by Crippen LogP contribution is -2.81. The number of ether oxygens (including phenoxy) is 2. The summed E-state index contributed by atoms with van der Waals surface area (Å²) in [6.45, 7) is 6.30. The lowest BCUT2D eigenvalue weighted by molar-refractivity contribution is -0.963. The predicted octanol–water partition coefficient (Wildman–Crippen LogP) is 1.81. The molecule has 1 unspecified atom stereocenters. The first kappa shape index (κ1) is 19.8. The summed E-state index contributed by atoms with van der Waals surface area (Å²) >= 11 is 0. The maximum absolute atomic E-state index is 12.9. The highest BCUT2D eigenvalue weighted by Gasteiger charge is 2.76. The summed E-state index contributed by atoms with van der Waals surface area (Å²) in [6.07, 6.45) is 0.932. The number of aliphatic hydroxyl groups is 1. The fourth-order valence-corrected chi connectivity index (χ4v) is 6.41. The summed E-state index contributed by atoms with van der Waals surface area (Å²) in [5, 5.41) is 22.6. The Hall–Kier alpha value is -2.12. The number of rotatable bonds is 2. The average molecular weight is 416 g/mol. The molecule has 4 aliphatic rings. The van der Waals surface area contributed by atoms with Crippen molar-refractivity contribution in [3.8, 4) is 11.5 Å². The van der Waals surface area contributed by atoms with Gasteiger partial charge >= 0.3 is 5.97 Å². The van der Waals surface area contributed by atoms with E-state index in [1.807, 2.05) is 33.9 Å². The lowest BCUT2D eigenvalue weighted by Gasteiger charge is -2.63. The van der Waals surface area contributed by atoms with E-state index >= 15 is 0 Å². The van der Waals surface area contributed by atoms with Crippen molar-refractivity contribution >= 4 is 11.8 Å². The molecular formula is C23H30NO6+. The smallest absolute Gasteiger partial charge is 0.315 e. The minimum atomic E-state index is -1.17. The zero-order valence-corrected chi connectivity index (χ0v) is 18.0. The number of piperidine rings is 1. The molecule has 2 N–H and O–H groups in total. The van der Waals surface area contributed by atoms with Gasteiger partial charge in [-0.2, -0.15) is 0 Å². The zero-order chi connectivity index (χ0) is 21.7. The molecule has 2 aliphatic heterocycles. The maximum atomic E-state index is 12.9. The normalized spacial score (nSPS) is 38.6. The van der Waals surface area contributed by atoms with Gasteiger partial charge in [-0.05, 0) is 38.8 Å². The summed E-state index contributed by atoms with van der Waals surface area (Å²) in [5.41, 5.74) is -0.794. The van der Waals surface area contributed by atoms with Crippen LogP contribution in [-0.2, 0) is 26.2 Å². The van der Waals surface area contributed by atoms with E-state index in [2.05, 4.69) is 0 Å². The molecule has 162 valence electrons. The van der Waals surface area contributed by atoms with Crippen molar-refractivity contribution in [2.75, 3.05) is 20.3 Å². The highest BCUT2D eigenvalue weighted by Crippen LogP contribution is 2.65. The Bertz CT molecular complexity index is 967. The molecule has 1 saturated heterocycles. The summed E-state index contributed by atoms with van der Waals surface area (Å²) < 4.78 is 12.2. The number of aromatic hydroxyl groups is 1. The van der Waals surface area contributed by atoms with Gasteiger partial charge in [0.25, 0.3) is 0 Å². The fourth-order valence-electron chi connectivity index (χ4n) is 6.41. The van der Waals surface area contributed by atoms with Crippen LogP contribution < -0.4 is 4.74 Å². The van der Waals surface area contributed by atoms with Crippen LogP contribution in [0.1, 0.15) is 51.2 Å². The first-order valence-corrected chi connectivity index (χ1v) is 10.7. The van der Waals surface area contributed by atoms with Crippen LogP contribution in [0, 0.1) is 5.41 Å². The second-order valence-corrected chi connectivity index (χ2v) is 10.8. The number of Topliss-reactive ketones (excluding diaryl/α,β-unsaturated/α-hetero) is 1. The zero-order valence-electron chi connectivity index (χ0n) is 18.0. The molecule has 1 spiro atoms. The Labute approximate surface area is 176 Å². The fraction of sp³-hybridized carbons (Fsp3) is 0.652. The van der Waals surface area contributed by atoms with Gasteiger partial charge in [-0.15, -0.1) is 0 Å². The summed E-state index contributed by atoms with van der Waals surface area (Å²) in [6, 6.07) is 3.25. The SMILES string of the molecule is CC(C)(C)C(=O)OC[N@+]1(C)CC[C@]23c4c5ccc(O)c4O[C@H]2C(=O)CC[C@@]3(O)C1C5. The van der Waals surface area contributed by atoms with Crippen LogP contribution in [0.2, 0.25) is 0 Å². The molecule has 7 heteroatoms. The van der Waals surface area contributed by atoms with E-state index in [4.69, 9.17) is 9.47 Å². The second-order valence-electron chi connectivity index (χ2n) is 10.8. The maximum Gasteiger partial charge on any atom is 0.315 e. The number of hydrogen-bond donors (Lipinski definition) is 2. The number of carbonyl (C=O) groups is 2. The van der Waals surface area contributed by atoms with E-state index in [1.165, 1.54) is 0 Å². The topological polar surface area (TPSA) is 93.1 Å². The van der Waals surface area contributed by atoms with Gasteiger partial charge in [0.15, 0.2) is 23.4 Å². The number of likely N-dealkylation sites (tertiary alicyclic amines) is 1. The number of esters is 1. The number of likely N-dealkylation sites (N-methyl/N-ethyl adjacent to an activating group) is 1. The molecule has 7 nitrogen and oxygen atoms in total. The highest BCUT2D eigenvalue weighted by molar-refractivity contribution is 5.90. The van der Waals surface area contributed by atoms with Crippen molar-refractivity contribution in [3.05, 3.63) is 23.3 Å². The molecule has 2 fully saturated rings. The molecule has 2 bridgehead atoms. The van der Waals surface area contributed by atoms with E-state index in [0.29, 0.717) is 36.0 Å². The van der Waals surface area contributed by atoms with Gasteiger partial charge in [0.1, 0.15) is 11.6 Å². The second kappa shape index (κ2) is 5.77. The third-order valence-corrected chi connectivity index (χ3v) is 8.01. The predicted molar refractivity (Wildman–Crippen MR) is 107 cm³/mol. The number of ketones is 1. The Morgan fingerprint density at radius 1 is 1.33 bits per heavy atom. The minimum Gasteiger partial charge on any atom is -0.504 e. The quantitative estimate of drug-likeness (QED) is 0.564. The molecule has 1 saturated carbocycles. The Morgan fingerprint density at radius 2 is 2.07 bits per heavy atom. The van der Waals surface area contributed by atoms with Gasteiger partial charge in [0, 0.05) is 24.8 Å². The van der Waals surface area contributed by atoms with Gasteiger partial charge in [0.05, 0.1) is 24.4 Å². The lowest BCUT2D eigenvalue weighted by atomic mass is 9.48. The monoisotopic (exact) mass is 416 g/mol. The van der Waals surface area contributed by atoms with E-state index in [1.54, 1.807) is 6.07 Å². The first-order chi connectivity index (χ1) is 13.9. The van der Waals surface area contributed by atoms with Crippen molar-refractivity contribution in [1.29, 1.82) is 0 Å². The van der Waals surface area contributed by atoms with Crippen LogP contribution >= 0.6 is 0 Å². The van der Waals surface area contributed by atoms with Gasteiger partial charge in [-0.1, -0.05) is 6.07 Å². The molecule has 0 radical (unpaired) electrons. The highest BCUT2D eigenvalue weighted by atomic mass is 16.6. The van der Waals surface area contributed by atoms with E-state index in [9.17, 15) is 19.8 Å². The van der Waals surface area contributed by atoms with Crippen molar-refractivity contribution in [3.63, 3.8) is 0 Å². The molecule has 30 heavy (non-hydrogen) atoms. The van der Waals surface area contributed by atoms with Crippen molar-refractivity contribution in [2.45, 2.75) is 69.6 Å². The minimum absolute atomic E-state index is 0.0165. The number of hydrogen-bond acceptors (Lipinski definition) is 6. The molecule has 1 aromatic rings. The molecular weight excluding hydrogens is 386 g/mol. The van der Waals surface area contributed by atoms with Gasteiger partial charge in [-0.25, -0.2) is 0 Å². The number of phenolic OH excluding ortho intramolecular Hbond substituents is 1. The summed E-state index contributed by atoms with van der Waals surface area (Å²) in [7, 11) is 2.03. The number of carbonyl (C=O) groups excluding carboxylic acids is 2. The van der Waals surface area contributed by atoms with Crippen molar-refractivity contribution in [2.24, 2.45) is 5.41 Å². The molecule has 0 amide bonds. The number of quaternary nitrogens is 1. The van der Waals surface area contributed by atoms with Crippen LogP contribution in [0.3, 0.4) is 0 Å². The summed E-state index contributed by atoms with van der Waals surface area (Å²) in [5.74, 6) is 0.100. The molecule has 5 atom stereocenters. The van der Waals surface area contributed by atoms with E-state index < -0.39 is 22.5 Å². The van der Waals surface area contributed by atoms with Crippen LogP contribution in [0.15, 0.2) is 12.1 Å². The standard InChI is InChI=1S/C23H29NO6/c1-21(2,3)20(27)29-12-24(4)10-9-22-17-13-5-6-14(25)18(17)30-19(22)15(26)7-8-23(22,28)16(24)11-13/h5-6,16,19,28H,7-12H2,1-4H3/p+1/t16?,19-,22-,23+,24-/m0/s1. The molecule has 1 aromatic carbocycles. The van der Waals surface area contributed by atoms with E-state index in [0.717, 1.165) is 11.1 Å². The third kappa shape index (κ3) is 2.22. The number of benzene rings is 1. The van der Waals surface area contributed by atoms with Crippen LogP contribution in [0.5, 0.6) is 11.5 Å². The number of nitrogens with zero attached hydrogens (tertiary/aromatic N) is 1. The average Bonchev–Trinajstić information content (AvgIpc) is 3.03. The summed E-state index contributed by atoms with van der Waals surface area (Å²) in [4.78, 5) is 25.3. The van der Waals surface area contributed by atoms with E-state index in [-0.39, 0.29) is 36.7 Å². The molecule has 5 rings (SSSR count). The largest absolute Gasteiger partial charge is 0.504 e. The number of phenols is 1. The first-order valence-electron chi connectivity index (χ1n) is 10.7. The van der Waals surface area contributed by atoms with Gasteiger partial charge in [-0.3, -0.25) is 14.1 Å². The van der Waals surface area contributed by atoms with Crippen LogP contribution in [-0.4, -0.2) is 64.5 Å².